The SMILES string of the molecule is CSc1cccc(OC(F)F)c1CCCBr. The van der Waals surface area contributed by atoms with Gasteiger partial charge in [-0.15, -0.1) is 11.8 Å². The lowest BCUT2D eigenvalue weighted by atomic mass is 10.1. The van der Waals surface area contributed by atoms with Gasteiger partial charge in [-0.05, 0) is 31.2 Å². The molecule has 16 heavy (non-hydrogen) atoms. The smallest absolute Gasteiger partial charge is 0.387 e. The molecule has 0 aromatic heterocycles. The summed E-state index contributed by atoms with van der Waals surface area (Å²) in [4.78, 5) is 0.999. The number of thioether (sulfide) groups is 1. The van der Waals surface area contributed by atoms with E-state index in [9.17, 15) is 8.78 Å². The van der Waals surface area contributed by atoms with Gasteiger partial charge >= 0.3 is 6.61 Å². The van der Waals surface area contributed by atoms with Crippen LogP contribution in [0, 0.1) is 0 Å². The van der Waals surface area contributed by atoms with Crippen molar-refractivity contribution in [1.29, 1.82) is 0 Å². The third kappa shape index (κ3) is 3.94. The minimum absolute atomic E-state index is 0.294. The molecule has 0 fully saturated rings. The fourth-order valence-corrected chi connectivity index (χ4v) is 2.38. The highest BCUT2D eigenvalue weighted by Gasteiger charge is 2.12. The van der Waals surface area contributed by atoms with Crippen molar-refractivity contribution >= 4 is 27.7 Å². The third-order valence-electron chi connectivity index (χ3n) is 2.09. The summed E-state index contributed by atoms with van der Waals surface area (Å²) in [6.45, 7) is -2.76. The first kappa shape index (κ1) is 13.8. The lowest BCUT2D eigenvalue weighted by Crippen LogP contribution is -2.05. The maximum Gasteiger partial charge on any atom is 0.387 e. The summed E-state index contributed by atoms with van der Waals surface area (Å²) in [6.07, 6.45) is 3.57. The highest BCUT2D eigenvalue weighted by atomic mass is 79.9. The molecule has 0 amide bonds. The quantitative estimate of drug-likeness (QED) is 0.571. The van der Waals surface area contributed by atoms with Crippen molar-refractivity contribution < 1.29 is 13.5 Å². The lowest BCUT2D eigenvalue weighted by molar-refractivity contribution is -0.0506. The maximum atomic E-state index is 12.2. The Morgan fingerprint density at radius 2 is 2.19 bits per heavy atom. The molecule has 1 aromatic rings. The molecule has 5 heteroatoms. The summed E-state index contributed by atoms with van der Waals surface area (Å²) in [6, 6.07) is 5.25. The van der Waals surface area contributed by atoms with Gasteiger partial charge in [0.2, 0.25) is 0 Å². The lowest BCUT2D eigenvalue weighted by Gasteiger charge is -2.13. The monoisotopic (exact) mass is 310 g/mol. The summed E-state index contributed by atoms with van der Waals surface area (Å²) < 4.78 is 29.0. The Morgan fingerprint density at radius 1 is 1.44 bits per heavy atom. The van der Waals surface area contributed by atoms with Gasteiger partial charge in [-0.3, -0.25) is 0 Å². The van der Waals surface area contributed by atoms with E-state index in [0.717, 1.165) is 28.6 Å². The van der Waals surface area contributed by atoms with E-state index in [0.29, 0.717) is 5.75 Å². The summed E-state index contributed by atoms with van der Waals surface area (Å²) in [5.41, 5.74) is 0.870. The Kier molecular flexibility index (Phi) is 6.13. The molecule has 1 nitrogen and oxygen atoms in total. The van der Waals surface area contributed by atoms with Gasteiger partial charge in [0.15, 0.2) is 0 Å². The molecule has 0 aliphatic heterocycles. The van der Waals surface area contributed by atoms with Gasteiger partial charge in [0.25, 0.3) is 0 Å². The molecule has 0 spiro atoms. The van der Waals surface area contributed by atoms with Crippen LogP contribution in [0.4, 0.5) is 8.78 Å². The predicted molar refractivity (Wildman–Crippen MR) is 67.0 cm³/mol. The van der Waals surface area contributed by atoms with Crippen molar-refractivity contribution in [2.75, 3.05) is 11.6 Å². The van der Waals surface area contributed by atoms with Gasteiger partial charge in [0.05, 0.1) is 0 Å². The van der Waals surface area contributed by atoms with E-state index in [-0.39, 0.29) is 0 Å². The fraction of sp³-hybridized carbons (Fsp3) is 0.455. The van der Waals surface area contributed by atoms with E-state index in [1.165, 1.54) is 0 Å². The van der Waals surface area contributed by atoms with Crippen molar-refractivity contribution in [2.24, 2.45) is 0 Å². The molecule has 0 aliphatic carbocycles. The van der Waals surface area contributed by atoms with Crippen LogP contribution in [0.1, 0.15) is 12.0 Å². The molecule has 90 valence electrons. The molecule has 1 aromatic carbocycles. The number of ether oxygens (including phenoxy) is 1. The van der Waals surface area contributed by atoms with Crippen LogP contribution in [-0.2, 0) is 6.42 Å². The Balaban J connectivity index is 2.95. The van der Waals surface area contributed by atoms with Gasteiger partial charge < -0.3 is 4.74 Å². The van der Waals surface area contributed by atoms with E-state index in [4.69, 9.17) is 0 Å². The molecule has 0 atom stereocenters. The van der Waals surface area contributed by atoms with Crippen LogP contribution in [0.5, 0.6) is 5.75 Å². The second-order valence-corrected chi connectivity index (χ2v) is 4.75. The van der Waals surface area contributed by atoms with Crippen LogP contribution in [0.15, 0.2) is 23.1 Å². The van der Waals surface area contributed by atoms with Crippen molar-refractivity contribution in [2.45, 2.75) is 24.3 Å². The van der Waals surface area contributed by atoms with Crippen LogP contribution >= 0.6 is 27.7 Å². The van der Waals surface area contributed by atoms with Crippen LogP contribution in [-0.4, -0.2) is 18.2 Å². The fourth-order valence-electron chi connectivity index (χ4n) is 1.43. The number of hydrogen-bond acceptors (Lipinski definition) is 2. The van der Waals surface area contributed by atoms with Crippen molar-refractivity contribution in [3.05, 3.63) is 23.8 Å². The van der Waals surface area contributed by atoms with Crippen molar-refractivity contribution in [3.63, 3.8) is 0 Å². The normalized spacial score (nSPS) is 10.8. The number of benzene rings is 1. The van der Waals surface area contributed by atoms with Gasteiger partial charge in [-0.2, -0.15) is 8.78 Å². The summed E-state index contributed by atoms with van der Waals surface area (Å²) in [5, 5.41) is 0.851. The molecule has 1 rings (SSSR count). The molecule has 0 N–H and O–H groups in total. The highest BCUT2D eigenvalue weighted by molar-refractivity contribution is 9.09. The van der Waals surface area contributed by atoms with Crippen LogP contribution in [0.25, 0.3) is 0 Å². The van der Waals surface area contributed by atoms with E-state index < -0.39 is 6.61 Å². The van der Waals surface area contributed by atoms with Gasteiger partial charge in [-0.1, -0.05) is 22.0 Å². The average molecular weight is 311 g/mol. The topological polar surface area (TPSA) is 9.23 Å². The van der Waals surface area contributed by atoms with Gasteiger partial charge in [0, 0.05) is 15.8 Å². The molecule has 0 saturated carbocycles. The minimum atomic E-state index is -2.76. The molecular weight excluding hydrogens is 298 g/mol. The average Bonchev–Trinajstić information content (AvgIpc) is 2.26. The second kappa shape index (κ2) is 7.12. The Morgan fingerprint density at radius 3 is 2.75 bits per heavy atom. The van der Waals surface area contributed by atoms with Crippen molar-refractivity contribution in [3.8, 4) is 5.75 Å². The minimum Gasteiger partial charge on any atom is -0.435 e. The second-order valence-electron chi connectivity index (χ2n) is 3.11. The predicted octanol–water partition coefficient (Wildman–Crippen LogP) is 4.34. The van der Waals surface area contributed by atoms with E-state index >= 15 is 0 Å². The zero-order valence-corrected chi connectivity index (χ0v) is 11.3. The Hall–Kier alpha value is -0.290. The first-order valence-corrected chi connectivity index (χ1v) is 7.20. The molecule has 0 radical (unpaired) electrons. The molecule has 0 unspecified atom stereocenters. The largest absolute Gasteiger partial charge is 0.435 e. The van der Waals surface area contributed by atoms with E-state index in [1.807, 2.05) is 12.3 Å². The summed E-state index contributed by atoms with van der Waals surface area (Å²) >= 11 is 4.88. The van der Waals surface area contributed by atoms with Crippen molar-refractivity contribution in [1.82, 2.24) is 0 Å². The molecule has 0 heterocycles. The zero-order valence-electron chi connectivity index (χ0n) is 8.88. The molecule has 0 saturated heterocycles. The first-order chi connectivity index (χ1) is 7.69. The Labute approximate surface area is 107 Å². The van der Waals surface area contributed by atoms with E-state index in [2.05, 4.69) is 20.7 Å². The third-order valence-corrected chi connectivity index (χ3v) is 3.47. The number of rotatable bonds is 6. The zero-order chi connectivity index (χ0) is 12.0. The number of alkyl halides is 3. The van der Waals surface area contributed by atoms with Gasteiger partial charge in [0.1, 0.15) is 5.75 Å². The molecular formula is C11H13BrF2OS. The van der Waals surface area contributed by atoms with Crippen LogP contribution < -0.4 is 4.74 Å². The highest BCUT2D eigenvalue weighted by Crippen LogP contribution is 2.31. The molecule has 0 aliphatic rings. The maximum absolute atomic E-state index is 12.2. The van der Waals surface area contributed by atoms with E-state index in [1.54, 1.807) is 23.9 Å². The first-order valence-electron chi connectivity index (χ1n) is 4.85. The Bertz CT molecular complexity index is 334. The number of hydrogen-bond donors (Lipinski definition) is 0. The summed E-state index contributed by atoms with van der Waals surface area (Å²) in [5.74, 6) is 0.294. The standard InChI is InChI=1S/C11H13BrF2OS/c1-16-10-6-2-5-9(15-11(13)14)8(10)4-3-7-12/h2,5-6,11H,3-4,7H2,1H3. The molecule has 0 bridgehead atoms. The van der Waals surface area contributed by atoms with Gasteiger partial charge in [-0.25, -0.2) is 0 Å². The number of halogens is 3. The summed E-state index contributed by atoms with van der Waals surface area (Å²) in [7, 11) is 0. The van der Waals surface area contributed by atoms with Crippen LogP contribution in [0.2, 0.25) is 0 Å². The van der Waals surface area contributed by atoms with Crippen LogP contribution in [0.3, 0.4) is 0 Å².